The third-order valence-electron chi connectivity index (χ3n) is 3.87. The van der Waals surface area contributed by atoms with Crippen molar-refractivity contribution in [2.24, 2.45) is 5.73 Å². The van der Waals surface area contributed by atoms with E-state index in [1.807, 2.05) is 0 Å². The van der Waals surface area contributed by atoms with Crippen LogP contribution in [0.15, 0.2) is 18.2 Å². The highest BCUT2D eigenvalue weighted by atomic mass is 15.2. The van der Waals surface area contributed by atoms with Crippen LogP contribution in [0.4, 0.5) is 11.4 Å². The minimum atomic E-state index is 0.165. The Bertz CT molecular complexity index is 434. The van der Waals surface area contributed by atoms with Gasteiger partial charge in [-0.15, -0.1) is 0 Å². The number of anilines is 2. The Morgan fingerprint density at radius 3 is 2.58 bits per heavy atom. The van der Waals surface area contributed by atoms with E-state index >= 15 is 0 Å². The molecule has 0 saturated carbocycles. The number of fused-ring (bicyclic) bond motifs is 1. The lowest BCUT2D eigenvalue weighted by Gasteiger charge is -2.32. The quantitative estimate of drug-likeness (QED) is 0.888. The monoisotopic (exact) mass is 261 g/mol. The molecule has 0 spiro atoms. The smallest absolute Gasteiger partial charge is 0.0639 e. The van der Waals surface area contributed by atoms with Gasteiger partial charge in [0.2, 0.25) is 0 Å². The lowest BCUT2D eigenvalue weighted by molar-refractivity contribution is 0.589. The van der Waals surface area contributed by atoms with Crippen LogP contribution in [0.5, 0.6) is 0 Å². The van der Waals surface area contributed by atoms with E-state index in [1.54, 1.807) is 0 Å². The lowest BCUT2D eigenvalue weighted by Crippen LogP contribution is -2.30. The van der Waals surface area contributed by atoms with Gasteiger partial charge in [-0.05, 0) is 23.5 Å². The van der Waals surface area contributed by atoms with Gasteiger partial charge in [-0.2, -0.15) is 0 Å². The largest absolute Gasteiger partial charge is 0.373 e. The fourth-order valence-electron chi connectivity index (χ4n) is 2.91. The van der Waals surface area contributed by atoms with Gasteiger partial charge in [-0.1, -0.05) is 32.9 Å². The summed E-state index contributed by atoms with van der Waals surface area (Å²) in [7, 11) is 2.21. The Morgan fingerprint density at radius 1 is 1.21 bits per heavy atom. The summed E-state index contributed by atoms with van der Waals surface area (Å²) in [5.41, 5.74) is 10.1. The van der Waals surface area contributed by atoms with Crippen LogP contribution < -0.4 is 15.5 Å². The van der Waals surface area contributed by atoms with Gasteiger partial charge in [0.1, 0.15) is 0 Å². The molecule has 0 aromatic heterocycles. The second-order valence-corrected chi connectivity index (χ2v) is 6.47. The van der Waals surface area contributed by atoms with Crippen molar-refractivity contribution in [1.82, 2.24) is 0 Å². The molecule has 1 aliphatic heterocycles. The Balaban J connectivity index is 2.55. The van der Waals surface area contributed by atoms with E-state index in [0.717, 1.165) is 19.6 Å². The summed E-state index contributed by atoms with van der Waals surface area (Å²) in [6.07, 6.45) is 1.19. The molecule has 106 valence electrons. The van der Waals surface area contributed by atoms with Crippen molar-refractivity contribution >= 4 is 11.4 Å². The van der Waals surface area contributed by atoms with E-state index in [0.29, 0.717) is 6.54 Å². The van der Waals surface area contributed by atoms with Crippen LogP contribution in [0.2, 0.25) is 0 Å². The zero-order valence-corrected chi connectivity index (χ0v) is 12.7. The summed E-state index contributed by atoms with van der Waals surface area (Å²) in [6, 6.07) is 6.69. The molecular weight excluding hydrogens is 234 g/mol. The van der Waals surface area contributed by atoms with Gasteiger partial charge in [0.05, 0.1) is 11.4 Å². The Morgan fingerprint density at radius 2 is 1.95 bits per heavy atom. The van der Waals surface area contributed by atoms with Crippen molar-refractivity contribution in [2.45, 2.75) is 32.6 Å². The fourth-order valence-corrected chi connectivity index (χ4v) is 2.91. The Kier molecular flexibility index (Phi) is 4.04. The summed E-state index contributed by atoms with van der Waals surface area (Å²) in [5.74, 6) is 0. The topological polar surface area (TPSA) is 32.5 Å². The number of nitrogens with zero attached hydrogens (tertiary/aromatic N) is 2. The van der Waals surface area contributed by atoms with Crippen LogP contribution in [0.25, 0.3) is 0 Å². The zero-order valence-electron chi connectivity index (χ0n) is 12.7. The second-order valence-electron chi connectivity index (χ2n) is 6.47. The molecule has 0 amide bonds. The van der Waals surface area contributed by atoms with E-state index in [-0.39, 0.29) is 5.41 Å². The van der Waals surface area contributed by atoms with Gasteiger partial charge in [-0.25, -0.2) is 0 Å². The van der Waals surface area contributed by atoms with E-state index < -0.39 is 0 Å². The Hall–Kier alpha value is -1.22. The van der Waals surface area contributed by atoms with Crippen LogP contribution in [0.1, 0.15) is 32.8 Å². The predicted molar refractivity (Wildman–Crippen MR) is 84.3 cm³/mol. The van der Waals surface area contributed by atoms with E-state index in [1.165, 1.54) is 23.4 Å². The number of hydrogen-bond donors (Lipinski definition) is 1. The van der Waals surface area contributed by atoms with Crippen LogP contribution in [0, 0.1) is 0 Å². The highest BCUT2D eigenvalue weighted by Crippen LogP contribution is 2.40. The number of benzene rings is 1. The van der Waals surface area contributed by atoms with Crippen molar-refractivity contribution in [3.8, 4) is 0 Å². The summed E-state index contributed by atoms with van der Waals surface area (Å²) < 4.78 is 0. The van der Waals surface area contributed by atoms with Crippen molar-refractivity contribution < 1.29 is 0 Å². The van der Waals surface area contributed by atoms with Crippen molar-refractivity contribution in [3.05, 3.63) is 23.8 Å². The summed E-state index contributed by atoms with van der Waals surface area (Å²) in [6.45, 7) is 10.7. The number of para-hydroxylation sites is 1. The van der Waals surface area contributed by atoms with Gasteiger partial charge < -0.3 is 15.5 Å². The van der Waals surface area contributed by atoms with Crippen molar-refractivity contribution in [3.63, 3.8) is 0 Å². The SMILES string of the molecule is CN1CCCN(CCN)c2cccc(C(C)(C)C)c21. The average Bonchev–Trinajstić information content (AvgIpc) is 2.50. The van der Waals surface area contributed by atoms with Crippen LogP contribution in [-0.2, 0) is 5.41 Å². The van der Waals surface area contributed by atoms with Crippen LogP contribution in [-0.4, -0.2) is 33.2 Å². The molecule has 0 aliphatic carbocycles. The molecule has 19 heavy (non-hydrogen) atoms. The van der Waals surface area contributed by atoms with Crippen molar-refractivity contribution in [1.29, 1.82) is 0 Å². The van der Waals surface area contributed by atoms with Crippen LogP contribution >= 0.6 is 0 Å². The molecular formula is C16H27N3. The molecule has 0 bridgehead atoms. The molecule has 0 unspecified atom stereocenters. The molecule has 2 rings (SSSR count). The molecule has 3 nitrogen and oxygen atoms in total. The average molecular weight is 261 g/mol. The molecule has 1 aromatic rings. The van der Waals surface area contributed by atoms with Gasteiger partial charge in [0, 0.05) is 33.2 Å². The van der Waals surface area contributed by atoms with Crippen LogP contribution in [0.3, 0.4) is 0 Å². The van der Waals surface area contributed by atoms with Gasteiger partial charge in [-0.3, -0.25) is 0 Å². The molecule has 0 radical (unpaired) electrons. The molecule has 3 heteroatoms. The zero-order chi connectivity index (χ0) is 14.0. The standard InChI is InChI=1S/C16H27N3/c1-16(2,3)13-7-5-8-14-15(13)18(4)10-6-11-19(14)12-9-17/h5,7-8H,6,9-12,17H2,1-4H3. The van der Waals surface area contributed by atoms with Gasteiger partial charge in [0.15, 0.2) is 0 Å². The normalized spacial score (nSPS) is 16.3. The first-order chi connectivity index (χ1) is 8.95. The molecule has 1 heterocycles. The highest BCUT2D eigenvalue weighted by Gasteiger charge is 2.26. The lowest BCUT2D eigenvalue weighted by atomic mass is 9.85. The molecule has 0 fully saturated rings. The molecule has 0 saturated heterocycles. The first-order valence-corrected chi connectivity index (χ1v) is 7.25. The van der Waals surface area contributed by atoms with Gasteiger partial charge in [0.25, 0.3) is 0 Å². The fraction of sp³-hybridized carbons (Fsp3) is 0.625. The minimum absolute atomic E-state index is 0.165. The summed E-state index contributed by atoms with van der Waals surface area (Å²) in [4.78, 5) is 4.85. The maximum atomic E-state index is 5.77. The maximum Gasteiger partial charge on any atom is 0.0639 e. The minimum Gasteiger partial charge on any atom is -0.373 e. The second kappa shape index (κ2) is 5.41. The molecule has 0 atom stereocenters. The third-order valence-corrected chi connectivity index (χ3v) is 3.87. The summed E-state index contributed by atoms with van der Waals surface area (Å²) >= 11 is 0. The van der Waals surface area contributed by atoms with Gasteiger partial charge >= 0.3 is 0 Å². The molecule has 1 aromatic carbocycles. The predicted octanol–water partition coefficient (Wildman–Crippen LogP) is 2.59. The van der Waals surface area contributed by atoms with E-state index in [2.05, 4.69) is 55.8 Å². The third kappa shape index (κ3) is 2.86. The van der Waals surface area contributed by atoms with E-state index in [9.17, 15) is 0 Å². The Labute approximate surface area is 117 Å². The number of hydrogen-bond acceptors (Lipinski definition) is 3. The molecule has 2 N–H and O–H groups in total. The maximum absolute atomic E-state index is 5.77. The number of rotatable bonds is 2. The molecule has 1 aliphatic rings. The first kappa shape index (κ1) is 14.2. The number of nitrogens with two attached hydrogens (primary N) is 1. The van der Waals surface area contributed by atoms with Crippen molar-refractivity contribution in [2.75, 3.05) is 43.0 Å². The first-order valence-electron chi connectivity index (χ1n) is 7.25. The summed E-state index contributed by atoms with van der Waals surface area (Å²) in [5, 5.41) is 0. The van der Waals surface area contributed by atoms with E-state index in [4.69, 9.17) is 5.73 Å². The highest BCUT2D eigenvalue weighted by molar-refractivity contribution is 5.76.